The van der Waals surface area contributed by atoms with Crippen molar-refractivity contribution in [2.75, 3.05) is 0 Å². The van der Waals surface area contributed by atoms with Crippen LogP contribution in [0.2, 0.25) is 0 Å². The Balaban J connectivity index is 1.81. The van der Waals surface area contributed by atoms with E-state index in [4.69, 9.17) is 0 Å². The third-order valence-corrected chi connectivity index (χ3v) is 3.69. The van der Waals surface area contributed by atoms with Gasteiger partial charge in [-0.15, -0.1) is 12.6 Å². The van der Waals surface area contributed by atoms with Crippen molar-refractivity contribution in [1.82, 2.24) is 10.3 Å². The molecule has 1 aromatic heterocycles. The molecule has 1 amide bonds. The summed E-state index contributed by atoms with van der Waals surface area (Å²) >= 11 is 4.30. The van der Waals surface area contributed by atoms with E-state index in [9.17, 15) is 4.79 Å². The number of amides is 1. The lowest BCUT2D eigenvalue weighted by Gasteiger charge is -2.09. The number of hydrogen-bond acceptors (Lipinski definition) is 3. The first-order valence-electron chi connectivity index (χ1n) is 6.64. The van der Waals surface area contributed by atoms with Crippen LogP contribution < -0.4 is 5.32 Å². The minimum atomic E-state index is -0.131. The normalized spacial score (nSPS) is 10.5. The van der Waals surface area contributed by atoms with Crippen molar-refractivity contribution in [3.63, 3.8) is 0 Å². The molecule has 21 heavy (non-hydrogen) atoms. The molecule has 0 fully saturated rings. The summed E-state index contributed by atoms with van der Waals surface area (Å²) in [6.07, 6.45) is 1.76. The SMILES string of the molecule is O=C(NCc1cccc2cccnc12)c1ccccc1S. The number of hydrogen-bond donors (Lipinski definition) is 2. The third kappa shape index (κ3) is 2.90. The van der Waals surface area contributed by atoms with Gasteiger partial charge in [0.05, 0.1) is 11.1 Å². The fourth-order valence-electron chi connectivity index (χ4n) is 2.25. The second-order valence-electron chi connectivity index (χ2n) is 4.69. The first-order valence-corrected chi connectivity index (χ1v) is 7.09. The molecule has 3 rings (SSSR count). The molecule has 0 aliphatic carbocycles. The second kappa shape index (κ2) is 5.97. The summed E-state index contributed by atoms with van der Waals surface area (Å²) in [5.41, 5.74) is 2.49. The molecule has 3 nitrogen and oxygen atoms in total. The molecule has 0 spiro atoms. The van der Waals surface area contributed by atoms with Crippen LogP contribution in [0.3, 0.4) is 0 Å². The number of para-hydroxylation sites is 1. The van der Waals surface area contributed by atoms with Crippen molar-refractivity contribution in [1.29, 1.82) is 0 Å². The molecule has 3 aromatic rings. The Morgan fingerprint density at radius 1 is 1.05 bits per heavy atom. The molecule has 2 aromatic carbocycles. The lowest BCUT2D eigenvalue weighted by molar-refractivity contribution is 0.0948. The van der Waals surface area contributed by atoms with E-state index in [0.29, 0.717) is 17.0 Å². The molecule has 0 saturated carbocycles. The van der Waals surface area contributed by atoms with Gasteiger partial charge in [-0.2, -0.15) is 0 Å². The Labute approximate surface area is 128 Å². The van der Waals surface area contributed by atoms with Gasteiger partial charge in [0.15, 0.2) is 0 Å². The largest absolute Gasteiger partial charge is 0.348 e. The Kier molecular flexibility index (Phi) is 3.88. The van der Waals surface area contributed by atoms with Gasteiger partial charge < -0.3 is 5.32 Å². The minimum Gasteiger partial charge on any atom is -0.348 e. The van der Waals surface area contributed by atoms with E-state index in [1.54, 1.807) is 18.3 Å². The first kappa shape index (κ1) is 13.6. The van der Waals surface area contributed by atoms with E-state index in [2.05, 4.69) is 22.9 Å². The Morgan fingerprint density at radius 2 is 1.86 bits per heavy atom. The van der Waals surface area contributed by atoms with Crippen molar-refractivity contribution in [3.05, 3.63) is 71.9 Å². The van der Waals surface area contributed by atoms with Gasteiger partial charge in [-0.1, -0.05) is 36.4 Å². The molecule has 0 aliphatic rings. The van der Waals surface area contributed by atoms with Crippen molar-refractivity contribution >= 4 is 29.4 Å². The van der Waals surface area contributed by atoms with Crippen LogP contribution >= 0.6 is 12.6 Å². The lowest BCUT2D eigenvalue weighted by atomic mass is 10.1. The van der Waals surface area contributed by atoms with Crippen LogP contribution in [0.25, 0.3) is 10.9 Å². The summed E-state index contributed by atoms with van der Waals surface area (Å²) in [5.74, 6) is -0.131. The minimum absolute atomic E-state index is 0.131. The smallest absolute Gasteiger partial charge is 0.252 e. The molecular weight excluding hydrogens is 280 g/mol. The summed E-state index contributed by atoms with van der Waals surface area (Å²) in [6, 6.07) is 17.1. The van der Waals surface area contributed by atoms with Crippen LogP contribution in [0, 0.1) is 0 Å². The van der Waals surface area contributed by atoms with Crippen molar-refractivity contribution in [2.45, 2.75) is 11.4 Å². The third-order valence-electron chi connectivity index (χ3n) is 3.30. The molecule has 104 valence electrons. The topological polar surface area (TPSA) is 42.0 Å². The number of pyridine rings is 1. The maximum Gasteiger partial charge on any atom is 0.252 e. The van der Waals surface area contributed by atoms with Crippen molar-refractivity contribution in [3.8, 4) is 0 Å². The molecule has 0 radical (unpaired) electrons. The van der Waals surface area contributed by atoms with Crippen LogP contribution in [0.4, 0.5) is 0 Å². The molecule has 0 saturated heterocycles. The van der Waals surface area contributed by atoms with Gasteiger partial charge >= 0.3 is 0 Å². The molecule has 0 bridgehead atoms. The van der Waals surface area contributed by atoms with Gasteiger partial charge in [-0.25, -0.2) is 0 Å². The van der Waals surface area contributed by atoms with Gasteiger partial charge in [0.1, 0.15) is 0 Å². The Hall–Kier alpha value is -2.33. The van der Waals surface area contributed by atoms with Crippen LogP contribution in [0.15, 0.2) is 65.7 Å². The van der Waals surface area contributed by atoms with E-state index in [1.165, 1.54) is 0 Å². The summed E-state index contributed by atoms with van der Waals surface area (Å²) in [4.78, 5) is 17.2. The van der Waals surface area contributed by atoms with Crippen molar-refractivity contribution in [2.24, 2.45) is 0 Å². The van der Waals surface area contributed by atoms with E-state index >= 15 is 0 Å². The van der Waals surface area contributed by atoms with Gasteiger partial charge in [0.2, 0.25) is 0 Å². The zero-order valence-corrected chi connectivity index (χ0v) is 12.2. The molecule has 1 heterocycles. The fourth-order valence-corrected chi connectivity index (χ4v) is 2.51. The van der Waals surface area contributed by atoms with Crippen LogP contribution in [-0.4, -0.2) is 10.9 Å². The highest BCUT2D eigenvalue weighted by molar-refractivity contribution is 7.80. The number of thiol groups is 1. The summed E-state index contributed by atoms with van der Waals surface area (Å²) in [7, 11) is 0. The zero-order valence-electron chi connectivity index (χ0n) is 11.3. The molecule has 4 heteroatoms. The van der Waals surface area contributed by atoms with Gasteiger partial charge in [-0.3, -0.25) is 9.78 Å². The fraction of sp³-hybridized carbons (Fsp3) is 0.0588. The lowest BCUT2D eigenvalue weighted by Crippen LogP contribution is -2.23. The van der Waals surface area contributed by atoms with Crippen LogP contribution in [-0.2, 0) is 6.54 Å². The highest BCUT2D eigenvalue weighted by atomic mass is 32.1. The highest BCUT2D eigenvalue weighted by Gasteiger charge is 2.09. The Morgan fingerprint density at radius 3 is 2.71 bits per heavy atom. The Bertz CT molecular complexity index is 796. The van der Waals surface area contributed by atoms with E-state index in [0.717, 1.165) is 16.5 Å². The summed E-state index contributed by atoms with van der Waals surface area (Å²) in [6.45, 7) is 0.440. The molecule has 0 atom stereocenters. The number of fused-ring (bicyclic) bond motifs is 1. The van der Waals surface area contributed by atoms with E-state index in [-0.39, 0.29) is 5.91 Å². The van der Waals surface area contributed by atoms with Gasteiger partial charge in [-0.05, 0) is 23.8 Å². The van der Waals surface area contributed by atoms with Crippen molar-refractivity contribution < 1.29 is 4.79 Å². The summed E-state index contributed by atoms with van der Waals surface area (Å²) < 4.78 is 0. The monoisotopic (exact) mass is 294 g/mol. The number of benzene rings is 2. The number of aromatic nitrogens is 1. The number of carbonyl (C=O) groups excluding carboxylic acids is 1. The van der Waals surface area contributed by atoms with E-state index in [1.807, 2.05) is 42.5 Å². The van der Waals surface area contributed by atoms with Gasteiger partial charge in [0.25, 0.3) is 5.91 Å². The molecule has 1 N–H and O–H groups in total. The number of nitrogens with one attached hydrogen (secondary N) is 1. The van der Waals surface area contributed by atoms with E-state index < -0.39 is 0 Å². The van der Waals surface area contributed by atoms with Gasteiger partial charge in [0, 0.05) is 23.0 Å². The number of nitrogens with zero attached hydrogens (tertiary/aromatic N) is 1. The average Bonchev–Trinajstić information content (AvgIpc) is 2.53. The molecule has 0 unspecified atom stereocenters. The molecule has 0 aliphatic heterocycles. The standard InChI is InChI=1S/C17H14N2OS/c20-17(14-8-1-2-9-15(14)21)19-11-13-6-3-5-12-7-4-10-18-16(12)13/h1-10,21H,11H2,(H,19,20). The predicted octanol–water partition coefficient (Wildman–Crippen LogP) is 3.45. The predicted molar refractivity (Wildman–Crippen MR) is 86.6 cm³/mol. The number of carbonyl (C=O) groups is 1. The van der Waals surface area contributed by atoms with Crippen LogP contribution in [0.1, 0.15) is 15.9 Å². The average molecular weight is 294 g/mol. The van der Waals surface area contributed by atoms with Crippen LogP contribution in [0.5, 0.6) is 0 Å². The number of rotatable bonds is 3. The zero-order chi connectivity index (χ0) is 14.7. The summed E-state index contributed by atoms with van der Waals surface area (Å²) in [5, 5.41) is 3.99. The second-order valence-corrected chi connectivity index (χ2v) is 5.17. The first-order chi connectivity index (χ1) is 10.3. The maximum atomic E-state index is 12.2. The quantitative estimate of drug-likeness (QED) is 0.726. The molecular formula is C17H14N2OS. The highest BCUT2D eigenvalue weighted by Crippen LogP contribution is 2.16. The maximum absolute atomic E-state index is 12.2.